The average Bonchev–Trinajstić information content (AvgIpc) is 3.32. The molecule has 2 aromatic carbocycles. The Morgan fingerprint density at radius 1 is 1.15 bits per heavy atom. The maximum absolute atomic E-state index is 14.2. The van der Waals surface area contributed by atoms with Gasteiger partial charge in [-0.25, -0.2) is 13.8 Å². The van der Waals surface area contributed by atoms with E-state index in [1.54, 1.807) is 12.1 Å². The molecule has 33 heavy (non-hydrogen) atoms. The van der Waals surface area contributed by atoms with E-state index in [0.29, 0.717) is 40.1 Å². The Morgan fingerprint density at radius 3 is 2.42 bits per heavy atom. The van der Waals surface area contributed by atoms with Crippen LogP contribution < -0.4 is 0 Å². The van der Waals surface area contributed by atoms with Crippen LogP contribution in [0, 0.1) is 11.6 Å². The molecule has 0 amide bonds. The first kappa shape index (κ1) is 23.6. The zero-order chi connectivity index (χ0) is 23.8. The highest BCUT2D eigenvalue weighted by molar-refractivity contribution is 7.85. The van der Waals surface area contributed by atoms with E-state index in [1.165, 1.54) is 24.6 Å². The van der Waals surface area contributed by atoms with E-state index < -0.39 is 21.8 Å². The molecule has 1 aromatic heterocycles. The van der Waals surface area contributed by atoms with Gasteiger partial charge in [0.15, 0.2) is 5.82 Å². The number of nitrogens with zero attached hydrogens (tertiary/aromatic N) is 2. The summed E-state index contributed by atoms with van der Waals surface area (Å²) in [5.74, 6) is -0.691. The van der Waals surface area contributed by atoms with Gasteiger partial charge in [-0.3, -0.25) is 4.55 Å². The number of halogens is 3. The van der Waals surface area contributed by atoms with Gasteiger partial charge in [-0.15, -0.1) is 0 Å². The van der Waals surface area contributed by atoms with Crippen LogP contribution in [0.3, 0.4) is 0 Å². The fourth-order valence-electron chi connectivity index (χ4n) is 4.24. The summed E-state index contributed by atoms with van der Waals surface area (Å²) in [6, 6.07) is 6.96. The van der Waals surface area contributed by atoms with Crippen molar-refractivity contribution in [3.05, 3.63) is 52.8 Å². The fourth-order valence-corrected chi connectivity index (χ4v) is 4.50. The number of benzene rings is 2. The van der Waals surface area contributed by atoms with Crippen molar-refractivity contribution in [1.82, 2.24) is 9.97 Å². The normalized spacial score (nSPS) is 17.4. The molecule has 1 aliphatic carbocycles. The van der Waals surface area contributed by atoms with E-state index in [4.69, 9.17) is 21.0 Å². The molecule has 3 aromatic rings. The van der Waals surface area contributed by atoms with Gasteiger partial charge in [0, 0.05) is 6.42 Å². The molecule has 1 aliphatic heterocycles. The first-order valence-corrected chi connectivity index (χ1v) is 12.6. The molecule has 11 heteroatoms. The number of hydrogen-bond acceptors (Lipinski definition) is 5. The number of aromatic amines is 1. The van der Waals surface area contributed by atoms with Crippen LogP contribution in [0.2, 0.25) is 5.02 Å². The number of fused-ring (bicyclic) bond motifs is 1. The van der Waals surface area contributed by atoms with Gasteiger partial charge >= 0.3 is 0 Å². The third-order valence-electron chi connectivity index (χ3n) is 5.67. The minimum absolute atomic E-state index is 0.112. The molecule has 2 N–H and O–H groups in total. The second-order valence-corrected chi connectivity index (χ2v) is 10.2. The molecule has 2 aliphatic rings. The second-order valence-electron chi connectivity index (χ2n) is 8.32. The number of hydrogen-bond donors (Lipinski definition) is 2. The Balaban J connectivity index is 0.000000471. The van der Waals surface area contributed by atoms with Crippen LogP contribution in [0.5, 0.6) is 0 Å². The molecular weight excluding hydrogens is 476 g/mol. The highest BCUT2D eigenvalue weighted by atomic mass is 35.5. The van der Waals surface area contributed by atoms with E-state index in [1.807, 2.05) is 0 Å². The molecule has 1 saturated carbocycles. The minimum Gasteiger partial charge on any atom is -0.388 e. The first-order chi connectivity index (χ1) is 15.5. The Hall–Kier alpha value is -2.56. The van der Waals surface area contributed by atoms with Crippen molar-refractivity contribution in [3.63, 3.8) is 0 Å². The van der Waals surface area contributed by atoms with Crippen LogP contribution in [0.4, 0.5) is 8.78 Å². The molecule has 0 atom stereocenters. The van der Waals surface area contributed by atoms with Gasteiger partial charge in [-0.05, 0) is 55.5 Å². The van der Waals surface area contributed by atoms with Gasteiger partial charge in [-0.2, -0.15) is 8.42 Å². The summed E-state index contributed by atoms with van der Waals surface area (Å²) in [6.45, 7) is 0. The average molecular weight is 498 g/mol. The lowest BCUT2D eigenvalue weighted by molar-refractivity contribution is -0.0449. The molecule has 0 bridgehead atoms. The Bertz CT molecular complexity index is 1310. The lowest BCUT2D eigenvalue weighted by Crippen LogP contribution is -2.31. The van der Waals surface area contributed by atoms with Crippen molar-refractivity contribution in [2.75, 3.05) is 6.26 Å². The number of oxime groups is 1. The van der Waals surface area contributed by atoms with Crippen molar-refractivity contribution in [1.29, 1.82) is 0 Å². The smallest absolute Gasteiger partial charge is 0.261 e. The minimum atomic E-state index is -3.67. The van der Waals surface area contributed by atoms with Crippen LogP contribution in [-0.4, -0.2) is 40.5 Å². The van der Waals surface area contributed by atoms with Gasteiger partial charge in [0.05, 0.1) is 27.9 Å². The maximum atomic E-state index is 14.2. The molecule has 2 heterocycles. The van der Waals surface area contributed by atoms with Crippen LogP contribution >= 0.6 is 11.6 Å². The van der Waals surface area contributed by atoms with Crippen LogP contribution in [0.15, 0.2) is 35.5 Å². The second kappa shape index (κ2) is 9.00. The SMILES string of the molecule is CS(=O)(=O)O.Fc1cccc(F)c1-c1cc(Cl)c2[nH]c(C3=NOC4(CCCCC4)C3)nc2c1. The van der Waals surface area contributed by atoms with Crippen LogP contribution in [0.1, 0.15) is 44.3 Å². The third kappa shape index (κ3) is 5.34. The van der Waals surface area contributed by atoms with Crippen molar-refractivity contribution in [3.8, 4) is 11.1 Å². The van der Waals surface area contributed by atoms with E-state index >= 15 is 0 Å². The largest absolute Gasteiger partial charge is 0.388 e. The first-order valence-electron chi connectivity index (χ1n) is 10.4. The van der Waals surface area contributed by atoms with E-state index in [-0.39, 0.29) is 11.2 Å². The van der Waals surface area contributed by atoms with Gasteiger partial charge in [0.2, 0.25) is 0 Å². The van der Waals surface area contributed by atoms with Crippen molar-refractivity contribution < 1.29 is 26.6 Å². The number of nitrogens with one attached hydrogen (secondary N) is 1. The van der Waals surface area contributed by atoms with Gasteiger partial charge in [0.25, 0.3) is 10.1 Å². The monoisotopic (exact) mass is 497 g/mol. The number of aromatic nitrogens is 2. The summed E-state index contributed by atoms with van der Waals surface area (Å²) < 4.78 is 54.2. The third-order valence-corrected chi connectivity index (χ3v) is 5.97. The van der Waals surface area contributed by atoms with E-state index in [9.17, 15) is 17.2 Å². The van der Waals surface area contributed by atoms with Crippen LogP contribution in [-0.2, 0) is 15.0 Å². The molecule has 0 saturated heterocycles. The highest BCUT2D eigenvalue weighted by Crippen LogP contribution is 2.40. The quantitative estimate of drug-likeness (QED) is 0.455. The van der Waals surface area contributed by atoms with Crippen molar-refractivity contribution in [2.45, 2.75) is 44.1 Å². The Kier molecular flexibility index (Phi) is 6.43. The maximum Gasteiger partial charge on any atom is 0.261 e. The number of H-pyrrole nitrogens is 1. The van der Waals surface area contributed by atoms with Crippen LogP contribution in [0.25, 0.3) is 22.2 Å². The fraction of sp³-hybridized carbons (Fsp3) is 0.364. The lowest BCUT2D eigenvalue weighted by Gasteiger charge is -2.30. The summed E-state index contributed by atoms with van der Waals surface area (Å²) in [5, 5.41) is 4.62. The van der Waals surface area contributed by atoms with Gasteiger partial charge in [-0.1, -0.05) is 29.2 Å². The summed E-state index contributed by atoms with van der Waals surface area (Å²) in [6.07, 6.45) is 6.94. The molecule has 1 spiro atoms. The zero-order valence-corrected chi connectivity index (χ0v) is 19.3. The van der Waals surface area contributed by atoms with Crippen molar-refractivity contribution >= 4 is 38.5 Å². The van der Waals surface area contributed by atoms with Gasteiger partial charge < -0.3 is 9.82 Å². The molecular formula is C22H22ClF2N3O4S. The Morgan fingerprint density at radius 2 is 1.79 bits per heavy atom. The summed E-state index contributed by atoms with van der Waals surface area (Å²) in [4.78, 5) is 13.6. The number of imidazole rings is 1. The topological polar surface area (TPSA) is 105 Å². The molecule has 0 radical (unpaired) electrons. The van der Waals surface area contributed by atoms with E-state index in [0.717, 1.165) is 31.4 Å². The van der Waals surface area contributed by atoms with E-state index in [2.05, 4.69) is 15.1 Å². The molecule has 0 unspecified atom stereocenters. The molecule has 1 fully saturated rings. The zero-order valence-electron chi connectivity index (χ0n) is 17.7. The Labute approximate surface area is 194 Å². The predicted molar refractivity (Wildman–Crippen MR) is 122 cm³/mol. The molecule has 7 nitrogen and oxygen atoms in total. The van der Waals surface area contributed by atoms with Gasteiger partial charge in [0.1, 0.15) is 22.9 Å². The summed E-state index contributed by atoms with van der Waals surface area (Å²) in [7, 11) is -3.67. The number of rotatable bonds is 2. The van der Waals surface area contributed by atoms with Crippen molar-refractivity contribution in [2.24, 2.45) is 5.16 Å². The summed E-state index contributed by atoms with van der Waals surface area (Å²) >= 11 is 6.39. The summed E-state index contributed by atoms with van der Waals surface area (Å²) in [5.41, 5.74) is 1.93. The lowest BCUT2D eigenvalue weighted by atomic mass is 9.81. The standard InChI is InChI=1S/C21H18ClF2N3O.CH4O3S/c22-13-9-12(18-14(23)5-4-6-15(18)24)10-16-19(13)26-20(25-16)17-11-21(28-27-17)7-2-1-3-8-21;1-5(2,3)4/h4-6,9-10H,1-3,7-8,11H2,(H,25,26);1H3,(H,2,3,4). The highest BCUT2D eigenvalue weighted by Gasteiger charge is 2.41. The molecule has 5 rings (SSSR count). The predicted octanol–water partition coefficient (Wildman–Crippen LogP) is 5.49. The molecule has 176 valence electrons.